The molecule has 28 heavy (non-hydrogen) atoms. The van der Waals surface area contributed by atoms with Crippen molar-refractivity contribution in [3.8, 4) is 22.8 Å². The molecule has 146 valence electrons. The van der Waals surface area contributed by atoms with Gasteiger partial charge in [-0.05, 0) is 24.3 Å². The number of carbonyl (C=O) groups is 1. The zero-order chi connectivity index (χ0) is 20.1. The summed E-state index contributed by atoms with van der Waals surface area (Å²) in [6.45, 7) is 0.340. The van der Waals surface area contributed by atoms with Crippen molar-refractivity contribution < 1.29 is 23.5 Å². The Balaban J connectivity index is 1.90. The van der Waals surface area contributed by atoms with Gasteiger partial charge in [-0.1, -0.05) is 28.9 Å². The van der Waals surface area contributed by atoms with Crippen molar-refractivity contribution in [1.82, 2.24) is 5.16 Å². The number of rotatable bonds is 7. The highest BCUT2D eigenvalue weighted by Gasteiger charge is 2.25. The number of carbonyl (C=O) groups excluding carboxylic acids is 1. The molecule has 3 aromatic rings. The van der Waals surface area contributed by atoms with Gasteiger partial charge in [-0.25, -0.2) is 4.79 Å². The summed E-state index contributed by atoms with van der Waals surface area (Å²) in [6.07, 6.45) is 0. The van der Waals surface area contributed by atoms with Crippen LogP contribution < -0.4 is 14.8 Å². The highest BCUT2D eigenvalue weighted by molar-refractivity contribution is 6.30. The summed E-state index contributed by atoms with van der Waals surface area (Å²) in [6, 6.07) is 12.4. The van der Waals surface area contributed by atoms with E-state index in [1.807, 2.05) is 12.1 Å². The van der Waals surface area contributed by atoms with E-state index in [9.17, 15) is 4.79 Å². The minimum atomic E-state index is -0.560. The quantitative estimate of drug-likeness (QED) is 0.586. The lowest BCUT2D eigenvalue weighted by Gasteiger charge is -2.11. The smallest absolute Gasteiger partial charge is 0.345 e. The molecule has 3 rings (SSSR count). The van der Waals surface area contributed by atoms with Crippen LogP contribution in [0.4, 0.5) is 5.88 Å². The highest BCUT2D eigenvalue weighted by Crippen LogP contribution is 2.31. The molecule has 0 radical (unpaired) electrons. The molecular weight excluding hydrogens is 384 g/mol. The van der Waals surface area contributed by atoms with Crippen molar-refractivity contribution >= 4 is 23.5 Å². The Hall–Kier alpha value is -3.19. The Labute approximate surface area is 167 Å². The maximum atomic E-state index is 12.3. The number of hydrogen-bond donors (Lipinski definition) is 1. The summed E-state index contributed by atoms with van der Waals surface area (Å²) in [4.78, 5) is 12.3. The second-order valence-electron chi connectivity index (χ2n) is 5.77. The molecule has 2 aromatic carbocycles. The van der Waals surface area contributed by atoms with Gasteiger partial charge >= 0.3 is 5.97 Å². The first-order valence-corrected chi connectivity index (χ1v) is 8.74. The third-order valence-electron chi connectivity index (χ3n) is 4.13. The number of halogens is 1. The predicted molar refractivity (Wildman–Crippen MR) is 105 cm³/mol. The number of hydrogen-bond acceptors (Lipinski definition) is 7. The molecule has 0 saturated heterocycles. The van der Waals surface area contributed by atoms with Gasteiger partial charge in [-0.3, -0.25) is 0 Å². The van der Waals surface area contributed by atoms with Gasteiger partial charge < -0.3 is 24.1 Å². The zero-order valence-corrected chi connectivity index (χ0v) is 16.4. The van der Waals surface area contributed by atoms with E-state index in [-0.39, 0.29) is 11.4 Å². The maximum Gasteiger partial charge on any atom is 0.345 e. The number of ether oxygens (including phenoxy) is 3. The Bertz CT molecular complexity index is 969. The van der Waals surface area contributed by atoms with Crippen LogP contribution in [0.1, 0.15) is 15.9 Å². The number of benzene rings is 2. The SMILES string of the molecule is COC(=O)c1c(-c2ccc(Cl)cc2)noc1NCc1ccc(OC)cc1OC. The van der Waals surface area contributed by atoms with Crippen molar-refractivity contribution in [1.29, 1.82) is 0 Å². The van der Waals surface area contributed by atoms with Crippen LogP contribution >= 0.6 is 11.6 Å². The molecule has 1 heterocycles. The molecule has 1 aromatic heterocycles. The Morgan fingerprint density at radius 1 is 1.11 bits per heavy atom. The molecule has 0 saturated carbocycles. The highest BCUT2D eigenvalue weighted by atomic mass is 35.5. The average Bonchev–Trinajstić information content (AvgIpc) is 3.15. The van der Waals surface area contributed by atoms with E-state index >= 15 is 0 Å². The number of esters is 1. The third kappa shape index (κ3) is 4.04. The largest absolute Gasteiger partial charge is 0.497 e. The number of methoxy groups -OCH3 is 3. The normalized spacial score (nSPS) is 10.4. The lowest BCUT2D eigenvalue weighted by atomic mass is 10.1. The van der Waals surface area contributed by atoms with Crippen LogP contribution in [0.15, 0.2) is 47.0 Å². The second-order valence-corrected chi connectivity index (χ2v) is 6.20. The van der Waals surface area contributed by atoms with Crippen molar-refractivity contribution in [2.75, 3.05) is 26.6 Å². The van der Waals surface area contributed by atoms with Crippen LogP contribution in [0, 0.1) is 0 Å². The summed E-state index contributed by atoms with van der Waals surface area (Å²) >= 11 is 5.93. The number of aromatic nitrogens is 1. The molecule has 0 amide bonds. The number of nitrogens with one attached hydrogen (secondary N) is 1. The van der Waals surface area contributed by atoms with E-state index in [0.717, 1.165) is 5.56 Å². The fourth-order valence-corrected chi connectivity index (χ4v) is 2.81. The summed E-state index contributed by atoms with van der Waals surface area (Å²) in [5.41, 5.74) is 2.11. The first-order chi connectivity index (χ1) is 13.6. The van der Waals surface area contributed by atoms with E-state index in [1.54, 1.807) is 44.6 Å². The molecule has 0 atom stereocenters. The molecule has 0 aliphatic rings. The van der Waals surface area contributed by atoms with Crippen molar-refractivity contribution in [2.24, 2.45) is 0 Å². The topological polar surface area (TPSA) is 82.8 Å². The summed E-state index contributed by atoms with van der Waals surface area (Å²) in [5.74, 6) is 0.967. The van der Waals surface area contributed by atoms with Gasteiger partial charge in [-0.15, -0.1) is 0 Å². The molecule has 0 aliphatic heterocycles. The van der Waals surface area contributed by atoms with Crippen LogP contribution in [-0.2, 0) is 11.3 Å². The standard InChI is InChI=1S/C20H19ClN2O5/c1-25-15-9-6-13(16(10-15)26-2)11-22-19-17(20(24)27-3)18(23-28-19)12-4-7-14(21)8-5-12/h4-10,22H,11H2,1-3H3. The van der Waals surface area contributed by atoms with Gasteiger partial charge in [0.05, 0.1) is 21.3 Å². The fraction of sp³-hybridized carbons (Fsp3) is 0.200. The van der Waals surface area contributed by atoms with Crippen LogP contribution in [0.3, 0.4) is 0 Å². The van der Waals surface area contributed by atoms with Gasteiger partial charge in [0.25, 0.3) is 0 Å². The lowest BCUT2D eigenvalue weighted by Crippen LogP contribution is -2.08. The Kier molecular flexibility index (Phi) is 6.06. The Morgan fingerprint density at radius 2 is 1.86 bits per heavy atom. The molecule has 0 spiro atoms. The number of nitrogens with zero attached hydrogens (tertiary/aromatic N) is 1. The second kappa shape index (κ2) is 8.67. The molecule has 0 fully saturated rings. The van der Waals surface area contributed by atoms with E-state index in [2.05, 4.69) is 10.5 Å². The molecule has 0 aliphatic carbocycles. The molecule has 8 heteroatoms. The number of anilines is 1. The average molecular weight is 403 g/mol. The predicted octanol–water partition coefficient (Wildman–Crippen LogP) is 4.41. The molecular formula is C20H19ClN2O5. The zero-order valence-electron chi connectivity index (χ0n) is 15.6. The first-order valence-electron chi connectivity index (χ1n) is 8.36. The van der Waals surface area contributed by atoms with Crippen LogP contribution in [0.5, 0.6) is 11.5 Å². The van der Waals surface area contributed by atoms with Gasteiger partial charge in [0, 0.05) is 28.8 Å². The monoisotopic (exact) mass is 402 g/mol. The van der Waals surface area contributed by atoms with Crippen LogP contribution in [0.2, 0.25) is 5.02 Å². The third-order valence-corrected chi connectivity index (χ3v) is 4.38. The first kappa shape index (κ1) is 19.6. The Morgan fingerprint density at radius 3 is 2.50 bits per heavy atom. The van der Waals surface area contributed by atoms with Gasteiger partial charge in [0.2, 0.25) is 5.88 Å². The van der Waals surface area contributed by atoms with Gasteiger partial charge in [-0.2, -0.15) is 0 Å². The molecule has 7 nitrogen and oxygen atoms in total. The van der Waals surface area contributed by atoms with Crippen molar-refractivity contribution in [2.45, 2.75) is 6.54 Å². The minimum Gasteiger partial charge on any atom is -0.497 e. The fourth-order valence-electron chi connectivity index (χ4n) is 2.68. The summed E-state index contributed by atoms with van der Waals surface area (Å²) in [5, 5.41) is 7.70. The van der Waals surface area contributed by atoms with Crippen molar-refractivity contribution in [3.63, 3.8) is 0 Å². The summed E-state index contributed by atoms with van der Waals surface area (Å²) in [7, 11) is 4.46. The van der Waals surface area contributed by atoms with E-state index in [1.165, 1.54) is 7.11 Å². The van der Waals surface area contributed by atoms with Crippen molar-refractivity contribution in [3.05, 3.63) is 58.6 Å². The van der Waals surface area contributed by atoms with Crippen LogP contribution in [0.25, 0.3) is 11.3 Å². The molecule has 1 N–H and O–H groups in total. The summed E-state index contributed by atoms with van der Waals surface area (Å²) < 4.78 is 20.9. The maximum absolute atomic E-state index is 12.3. The van der Waals surface area contributed by atoms with Gasteiger partial charge in [0.1, 0.15) is 17.2 Å². The van der Waals surface area contributed by atoms with E-state index in [4.69, 9.17) is 30.3 Å². The molecule has 0 unspecified atom stereocenters. The van der Waals surface area contributed by atoms with E-state index in [0.29, 0.717) is 34.3 Å². The lowest BCUT2D eigenvalue weighted by molar-refractivity contribution is 0.0602. The van der Waals surface area contributed by atoms with Gasteiger partial charge in [0.15, 0.2) is 5.56 Å². The molecule has 0 bridgehead atoms. The van der Waals surface area contributed by atoms with Crippen LogP contribution in [-0.4, -0.2) is 32.5 Å². The minimum absolute atomic E-state index is 0.203. The van der Waals surface area contributed by atoms with E-state index < -0.39 is 5.97 Å².